The largest absolute Gasteiger partial charge is 0.378 e. The van der Waals surface area contributed by atoms with E-state index in [0.717, 1.165) is 5.69 Å². The number of hydrogen-bond acceptors (Lipinski definition) is 4. The summed E-state index contributed by atoms with van der Waals surface area (Å²) in [4.78, 5) is 1.40. The highest BCUT2D eigenvalue weighted by Crippen LogP contribution is 2.13. The van der Waals surface area contributed by atoms with E-state index in [1.807, 2.05) is 0 Å². The second-order valence-electron chi connectivity index (χ2n) is 3.51. The van der Waals surface area contributed by atoms with Gasteiger partial charge in [-0.3, -0.25) is 0 Å². The standard InChI is InChI=1S/C10H12FN5/c1-7-5-8(3-4-9(7)11)12-6-10-13-15-16(2)14-10/h3-5,12H,6H2,1-2H3. The third kappa shape index (κ3) is 2.33. The second kappa shape index (κ2) is 4.26. The molecule has 0 spiro atoms. The normalized spacial score (nSPS) is 10.4. The molecular weight excluding hydrogens is 209 g/mol. The van der Waals surface area contributed by atoms with E-state index in [1.54, 1.807) is 26.1 Å². The zero-order chi connectivity index (χ0) is 11.5. The topological polar surface area (TPSA) is 55.6 Å². The Hall–Kier alpha value is -1.98. The van der Waals surface area contributed by atoms with Gasteiger partial charge in [-0.15, -0.1) is 10.2 Å². The highest BCUT2D eigenvalue weighted by molar-refractivity contribution is 5.45. The summed E-state index contributed by atoms with van der Waals surface area (Å²) in [6.45, 7) is 2.19. The second-order valence-corrected chi connectivity index (χ2v) is 3.51. The number of halogens is 1. The Labute approximate surface area is 92.3 Å². The number of nitrogens with one attached hydrogen (secondary N) is 1. The SMILES string of the molecule is Cc1cc(NCc2nnn(C)n2)ccc1F. The molecule has 0 radical (unpaired) electrons. The predicted molar refractivity (Wildman–Crippen MR) is 57.3 cm³/mol. The molecule has 2 rings (SSSR count). The van der Waals surface area contributed by atoms with Crippen molar-refractivity contribution in [3.63, 3.8) is 0 Å². The van der Waals surface area contributed by atoms with Crippen LogP contribution in [0.3, 0.4) is 0 Å². The first-order valence-corrected chi connectivity index (χ1v) is 4.88. The van der Waals surface area contributed by atoms with Crippen molar-refractivity contribution in [3.8, 4) is 0 Å². The van der Waals surface area contributed by atoms with E-state index in [-0.39, 0.29) is 5.82 Å². The Morgan fingerprint density at radius 3 is 2.88 bits per heavy atom. The van der Waals surface area contributed by atoms with Crippen LogP contribution >= 0.6 is 0 Å². The average Bonchev–Trinajstić information content (AvgIpc) is 2.66. The molecule has 84 valence electrons. The maximum Gasteiger partial charge on any atom is 0.193 e. The number of anilines is 1. The Morgan fingerprint density at radius 1 is 1.44 bits per heavy atom. The summed E-state index contributed by atoms with van der Waals surface area (Å²) in [5, 5.41) is 14.7. The van der Waals surface area contributed by atoms with Gasteiger partial charge in [0, 0.05) is 5.69 Å². The van der Waals surface area contributed by atoms with Crippen LogP contribution < -0.4 is 5.32 Å². The van der Waals surface area contributed by atoms with Crippen LogP contribution in [0.2, 0.25) is 0 Å². The molecule has 6 heteroatoms. The first-order valence-electron chi connectivity index (χ1n) is 4.88. The van der Waals surface area contributed by atoms with Gasteiger partial charge in [-0.25, -0.2) is 4.39 Å². The summed E-state index contributed by atoms with van der Waals surface area (Å²) in [5.41, 5.74) is 1.45. The number of tetrazole rings is 1. The van der Waals surface area contributed by atoms with E-state index in [1.165, 1.54) is 10.9 Å². The van der Waals surface area contributed by atoms with Crippen molar-refractivity contribution in [2.75, 3.05) is 5.32 Å². The number of hydrogen-bond donors (Lipinski definition) is 1. The minimum atomic E-state index is -0.205. The summed E-state index contributed by atoms with van der Waals surface area (Å²) < 4.78 is 13.0. The van der Waals surface area contributed by atoms with Gasteiger partial charge in [-0.2, -0.15) is 4.80 Å². The van der Waals surface area contributed by atoms with Gasteiger partial charge >= 0.3 is 0 Å². The number of aromatic nitrogens is 4. The molecule has 0 aliphatic rings. The van der Waals surface area contributed by atoms with Crippen molar-refractivity contribution < 1.29 is 4.39 Å². The molecule has 1 aromatic carbocycles. The van der Waals surface area contributed by atoms with Crippen molar-refractivity contribution in [1.82, 2.24) is 20.2 Å². The van der Waals surface area contributed by atoms with Crippen molar-refractivity contribution in [2.45, 2.75) is 13.5 Å². The minimum absolute atomic E-state index is 0.205. The third-order valence-electron chi connectivity index (χ3n) is 2.16. The van der Waals surface area contributed by atoms with Crippen LogP contribution in [0.5, 0.6) is 0 Å². The van der Waals surface area contributed by atoms with Gasteiger partial charge in [0.2, 0.25) is 0 Å². The van der Waals surface area contributed by atoms with Gasteiger partial charge in [0.15, 0.2) is 5.82 Å². The lowest BCUT2D eigenvalue weighted by Crippen LogP contribution is -2.02. The van der Waals surface area contributed by atoms with Gasteiger partial charge in [0.1, 0.15) is 5.82 Å². The lowest BCUT2D eigenvalue weighted by molar-refractivity contribution is 0.618. The molecule has 0 aliphatic heterocycles. The van der Waals surface area contributed by atoms with Crippen molar-refractivity contribution in [1.29, 1.82) is 0 Å². The fourth-order valence-corrected chi connectivity index (χ4v) is 1.33. The maximum absolute atomic E-state index is 13.0. The first-order chi connectivity index (χ1) is 7.65. The van der Waals surface area contributed by atoms with Crippen molar-refractivity contribution in [2.24, 2.45) is 7.05 Å². The number of benzene rings is 1. The van der Waals surface area contributed by atoms with Gasteiger partial charge < -0.3 is 5.32 Å². The van der Waals surface area contributed by atoms with E-state index in [2.05, 4.69) is 20.7 Å². The molecule has 1 N–H and O–H groups in total. The molecule has 1 aromatic heterocycles. The number of aryl methyl sites for hydroxylation is 2. The Kier molecular flexibility index (Phi) is 2.80. The fourth-order valence-electron chi connectivity index (χ4n) is 1.33. The molecule has 0 saturated carbocycles. The molecule has 0 bridgehead atoms. The molecule has 0 unspecified atom stereocenters. The van der Waals surface area contributed by atoms with Gasteiger partial charge in [-0.05, 0) is 35.9 Å². The molecule has 0 aliphatic carbocycles. The minimum Gasteiger partial charge on any atom is -0.378 e. The number of nitrogens with zero attached hydrogens (tertiary/aromatic N) is 4. The van der Waals surface area contributed by atoms with Gasteiger partial charge in [0.05, 0.1) is 13.6 Å². The lowest BCUT2D eigenvalue weighted by Gasteiger charge is -2.04. The van der Waals surface area contributed by atoms with E-state index < -0.39 is 0 Å². The summed E-state index contributed by atoms with van der Waals surface area (Å²) in [5.74, 6) is 0.396. The maximum atomic E-state index is 13.0. The zero-order valence-electron chi connectivity index (χ0n) is 9.11. The monoisotopic (exact) mass is 221 g/mol. The Morgan fingerprint density at radius 2 is 2.25 bits per heavy atom. The van der Waals surface area contributed by atoms with E-state index in [0.29, 0.717) is 17.9 Å². The van der Waals surface area contributed by atoms with Crippen LogP contribution in [0.1, 0.15) is 11.4 Å². The van der Waals surface area contributed by atoms with E-state index in [4.69, 9.17) is 0 Å². The predicted octanol–water partition coefficient (Wildman–Crippen LogP) is 1.27. The Bertz CT molecular complexity index is 494. The Balaban J connectivity index is 2.02. The summed E-state index contributed by atoms with van der Waals surface area (Å²) in [6.07, 6.45) is 0. The molecule has 0 saturated heterocycles. The highest BCUT2D eigenvalue weighted by atomic mass is 19.1. The summed E-state index contributed by atoms with van der Waals surface area (Å²) >= 11 is 0. The lowest BCUT2D eigenvalue weighted by atomic mass is 10.2. The van der Waals surface area contributed by atoms with Gasteiger partial charge in [-0.1, -0.05) is 0 Å². The van der Waals surface area contributed by atoms with Crippen LogP contribution in [0, 0.1) is 12.7 Å². The molecule has 1 heterocycles. The highest BCUT2D eigenvalue weighted by Gasteiger charge is 2.01. The van der Waals surface area contributed by atoms with Crippen LogP contribution in [0.4, 0.5) is 10.1 Å². The van der Waals surface area contributed by atoms with E-state index in [9.17, 15) is 4.39 Å². The van der Waals surface area contributed by atoms with Gasteiger partial charge in [0.25, 0.3) is 0 Å². The van der Waals surface area contributed by atoms with Crippen LogP contribution in [0.15, 0.2) is 18.2 Å². The number of rotatable bonds is 3. The van der Waals surface area contributed by atoms with Crippen LogP contribution in [-0.4, -0.2) is 20.2 Å². The van der Waals surface area contributed by atoms with Crippen LogP contribution in [0.25, 0.3) is 0 Å². The summed E-state index contributed by atoms with van der Waals surface area (Å²) in [6, 6.07) is 4.85. The molecular formula is C10H12FN5. The van der Waals surface area contributed by atoms with E-state index >= 15 is 0 Å². The summed E-state index contributed by atoms with van der Waals surface area (Å²) in [7, 11) is 1.71. The third-order valence-corrected chi connectivity index (χ3v) is 2.16. The zero-order valence-corrected chi connectivity index (χ0v) is 9.11. The smallest absolute Gasteiger partial charge is 0.193 e. The molecule has 5 nitrogen and oxygen atoms in total. The average molecular weight is 221 g/mol. The van der Waals surface area contributed by atoms with Crippen LogP contribution in [-0.2, 0) is 13.6 Å². The molecule has 0 atom stereocenters. The molecule has 16 heavy (non-hydrogen) atoms. The molecule has 2 aromatic rings. The fraction of sp³-hybridized carbons (Fsp3) is 0.300. The first kappa shape index (κ1) is 10.5. The molecule has 0 fully saturated rings. The van der Waals surface area contributed by atoms with Crippen molar-refractivity contribution in [3.05, 3.63) is 35.4 Å². The quantitative estimate of drug-likeness (QED) is 0.848. The van der Waals surface area contributed by atoms with Crippen molar-refractivity contribution >= 4 is 5.69 Å². The molecule has 0 amide bonds.